The van der Waals surface area contributed by atoms with Gasteiger partial charge in [0.2, 0.25) is 0 Å². The second-order valence-electron chi connectivity index (χ2n) is 5.82. The molecule has 3 unspecified atom stereocenters. The molecule has 100 valence electrons. The Bertz CT molecular complexity index is 597. The average Bonchev–Trinajstić information content (AvgIpc) is 2.92. The van der Waals surface area contributed by atoms with Crippen LogP contribution in [0.3, 0.4) is 0 Å². The molecular formula is C17H20O2. The Morgan fingerprint density at radius 1 is 1.21 bits per heavy atom. The first-order valence-electron chi connectivity index (χ1n) is 6.91. The first kappa shape index (κ1) is 12.5. The van der Waals surface area contributed by atoms with Gasteiger partial charge in [-0.2, -0.15) is 0 Å². The molecule has 3 atom stereocenters. The lowest BCUT2D eigenvalue weighted by Crippen LogP contribution is -2.01. The number of aliphatic hydroxyl groups excluding tert-OH is 1. The maximum absolute atomic E-state index is 10.5. The van der Waals surface area contributed by atoms with E-state index in [1.807, 2.05) is 38.1 Å². The van der Waals surface area contributed by atoms with E-state index in [-0.39, 0.29) is 0 Å². The standard InChI is InChI=1S/C17H20O2/c1-10-4-5-11(2)14(8-10)17(18)16-7-6-15(19-16)13-9-12(13)3/h4-8,12-13,17-18H,9H2,1-3H3. The molecule has 19 heavy (non-hydrogen) atoms. The predicted octanol–water partition coefficient (Wildman–Crippen LogP) is 4.10. The number of furan rings is 1. The average molecular weight is 256 g/mol. The summed E-state index contributed by atoms with van der Waals surface area (Å²) in [5, 5.41) is 10.5. The van der Waals surface area contributed by atoms with Crippen LogP contribution in [0.5, 0.6) is 0 Å². The normalized spacial score (nSPS) is 23.4. The summed E-state index contributed by atoms with van der Waals surface area (Å²) in [5.41, 5.74) is 3.18. The maximum Gasteiger partial charge on any atom is 0.137 e. The number of benzene rings is 1. The third-order valence-corrected chi connectivity index (χ3v) is 4.12. The fourth-order valence-electron chi connectivity index (χ4n) is 2.64. The minimum Gasteiger partial charge on any atom is -0.463 e. The van der Waals surface area contributed by atoms with Crippen LogP contribution in [-0.4, -0.2) is 5.11 Å². The van der Waals surface area contributed by atoms with E-state index >= 15 is 0 Å². The van der Waals surface area contributed by atoms with Gasteiger partial charge >= 0.3 is 0 Å². The summed E-state index contributed by atoms with van der Waals surface area (Å²) in [5.74, 6) is 2.95. The first-order chi connectivity index (χ1) is 9.06. The van der Waals surface area contributed by atoms with Crippen molar-refractivity contribution in [2.24, 2.45) is 5.92 Å². The summed E-state index contributed by atoms with van der Waals surface area (Å²) < 4.78 is 5.84. The Labute approximate surface area is 114 Å². The van der Waals surface area contributed by atoms with Crippen LogP contribution in [0.2, 0.25) is 0 Å². The van der Waals surface area contributed by atoms with Gasteiger partial charge in [0.15, 0.2) is 0 Å². The summed E-state index contributed by atoms with van der Waals surface area (Å²) in [4.78, 5) is 0. The minimum atomic E-state index is -0.664. The highest BCUT2D eigenvalue weighted by atomic mass is 16.4. The molecule has 3 rings (SSSR count). The van der Waals surface area contributed by atoms with Gasteiger partial charge in [-0.25, -0.2) is 0 Å². The highest BCUT2D eigenvalue weighted by Crippen LogP contribution is 2.47. The smallest absolute Gasteiger partial charge is 0.137 e. The van der Waals surface area contributed by atoms with E-state index < -0.39 is 6.10 Å². The number of aryl methyl sites for hydroxylation is 2. The fourth-order valence-corrected chi connectivity index (χ4v) is 2.64. The molecule has 2 heteroatoms. The second kappa shape index (κ2) is 4.53. The molecule has 1 aliphatic rings. The Balaban J connectivity index is 1.88. The summed E-state index contributed by atoms with van der Waals surface area (Å²) in [6.45, 7) is 6.29. The summed E-state index contributed by atoms with van der Waals surface area (Å²) in [6, 6.07) is 10.1. The van der Waals surface area contributed by atoms with E-state index in [0.29, 0.717) is 11.7 Å². The number of rotatable bonds is 3. The molecular weight excluding hydrogens is 236 g/mol. The van der Waals surface area contributed by atoms with E-state index in [9.17, 15) is 5.11 Å². The van der Waals surface area contributed by atoms with Gasteiger partial charge in [0.25, 0.3) is 0 Å². The van der Waals surface area contributed by atoms with Crippen LogP contribution in [0.1, 0.15) is 53.6 Å². The van der Waals surface area contributed by atoms with Crippen molar-refractivity contribution in [3.8, 4) is 0 Å². The van der Waals surface area contributed by atoms with Gasteiger partial charge in [0, 0.05) is 5.92 Å². The lowest BCUT2D eigenvalue weighted by molar-refractivity contribution is 0.186. The molecule has 0 saturated heterocycles. The molecule has 1 N–H and O–H groups in total. The van der Waals surface area contributed by atoms with Crippen LogP contribution in [0.4, 0.5) is 0 Å². The van der Waals surface area contributed by atoms with Gasteiger partial charge < -0.3 is 9.52 Å². The van der Waals surface area contributed by atoms with Crippen molar-refractivity contribution >= 4 is 0 Å². The van der Waals surface area contributed by atoms with Crippen molar-refractivity contribution in [1.82, 2.24) is 0 Å². The lowest BCUT2D eigenvalue weighted by Gasteiger charge is -2.12. The number of hydrogen-bond donors (Lipinski definition) is 1. The van der Waals surface area contributed by atoms with Crippen molar-refractivity contribution in [2.75, 3.05) is 0 Å². The van der Waals surface area contributed by atoms with E-state index in [1.54, 1.807) is 0 Å². The Morgan fingerprint density at radius 3 is 2.63 bits per heavy atom. The van der Waals surface area contributed by atoms with E-state index in [4.69, 9.17) is 4.42 Å². The Hall–Kier alpha value is -1.54. The lowest BCUT2D eigenvalue weighted by atomic mass is 9.99. The molecule has 1 aliphatic carbocycles. The zero-order chi connectivity index (χ0) is 13.6. The molecule has 0 spiro atoms. The zero-order valence-electron chi connectivity index (χ0n) is 11.7. The van der Waals surface area contributed by atoms with Crippen molar-refractivity contribution < 1.29 is 9.52 Å². The zero-order valence-corrected chi connectivity index (χ0v) is 11.7. The van der Waals surface area contributed by atoms with Gasteiger partial charge in [-0.3, -0.25) is 0 Å². The number of hydrogen-bond acceptors (Lipinski definition) is 2. The highest BCUT2D eigenvalue weighted by Gasteiger charge is 2.37. The molecule has 1 fully saturated rings. The van der Waals surface area contributed by atoms with Crippen molar-refractivity contribution in [2.45, 2.75) is 39.2 Å². The Kier molecular flexibility index (Phi) is 2.98. The van der Waals surface area contributed by atoms with Gasteiger partial charge in [0.05, 0.1) is 0 Å². The van der Waals surface area contributed by atoms with Crippen LogP contribution in [0.25, 0.3) is 0 Å². The van der Waals surface area contributed by atoms with Crippen molar-refractivity contribution in [3.63, 3.8) is 0 Å². The summed E-state index contributed by atoms with van der Waals surface area (Å²) in [7, 11) is 0. The molecule has 2 nitrogen and oxygen atoms in total. The molecule has 1 aromatic heterocycles. The third kappa shape index (κ3) is 2.33. The van der Waals surface area contributed by atoms with Gasteiger partial charge in [0.1, 0.15) is 17.6 Å². The van der Waals surface area contributed by atoms with Crippen LogP contribution in [-0.2, 0) is 0 Å². The molecule has 0 radical (unpaired) electrons. The quantitative estimate of drug-likeness (QED) is 0.896. The third-order valence-electron chi connectivity index (χ3n) is 4.12. The molecule has 0 aliphatic heterocycles. The van der Waals surface area contributed by atoms with Crippen molar-refractivity contribution in [1.29, 1.82) is 0 Å². The number of aliphatic hydroxyl groups is 1. The van der Waals surface area contributed by atoms with E-state index in [1.165, 1.54) is 6.42 Å². The topological polar surface area (TPSA) is 33.4 Å². The first-order valence-corrected chi connectivity index (χ1v) is 6.91. The van der Waals surface area contributed by atoms with Crippen LogP contribution in [0, 0.1) is 19.8 Å². The molecule has 2 aromatic rings. The van der Waals surface area contributed by atoms with Gasteiger partial charge in [-0.1, -0.05) is 30.7 Å². The van der Waals surface area contributed by atoms with Crippen LogP contribution >= 0.6 is 0 Å². The molecule has 0 bridgehead atoms. The summed E-state index contributed by atoms with van der Waals surface area (Å²) in [6.07, 6.45) is 0.537. The maximum atomic E-state index is 10.5. The van der Waals surface area contributed by atoms with E-state index in [0.717, 1.165) is 28.4 Å². The van der Waals surface area contributed by atoms with Crippen molar-refractivity contribution in [3.05, 3.63) is 58.5 Å². The molecule has 1 aromatic carbocycles. The van der Waals surface area contributed by atoms with Gasteiger partial charge in [-0.05, 0) is 49.4 Å². The SMILES string of the molecule is Cc1ccc(C)c(C(O)c2ccc(C3CC3C)o2)c1. The highest BCUT2D eigenvalue weighted by molar-refractivity contribution is 5.36. The van der Waals surface area contributed by atoms with E-state index in [2.05, 4.69) is 13.0 Å². The largest absolute Gasteiger partial charge is 0.463 e. The van der Waals surface area contributed by atoms with Gasteiger partial charge in [-0.15, -0.1) is 0 Å². The van der Waals surface area contributed by atoms with Crippen LogP contribution in [0.15, 0.2) is 34.7 Å². The molecule has 1 heterocycles. The predicted molar refractivity (Wildman–Crippen MR) is 75.2 cm³/mol. The summed E-state index contributed by atoms with van der Waals surface area (Å²) >= 11 is 0. The Morgan fingerprint density at radius 2 is 1.95 bits per heavy atom. The monoisotopic (exact) mass is 256 g/mol. The molecule has 0 amide bonds. The van der Waals surface area contributed by atoms with Crippen LogP contribution < -0.4 is 0 Å². The second-order valence-corrected chi connectivity index (χ2v) is 5.82. The minimum absolute atomic E-state index is 0.555. The fraction of sp³-hybridized carbons (Fsp3) is 0.412. The molecule has 1 saturated carbocycles.